The van der Waals surface area contributed by atoms with E-state index in [1.165, 1.54) is 64.5 Å². The summed E-state index contributed by atoms with van der Waals surface area (Å²) >= 11 is 0. The molecule has 3 atom stereocenters. The first-order valence-electron chi connectivity index (χ1n) is 7.54. The Morgan fingerprint density at radius 1 is 1.00 bits per heavy atom. The lowest BCUT2D eigenvalue weighted by molar-refractivity contribution is 0.121. The molecule has 0 spiro atoms. The van der Waals surface area contributed by atoms with Crippen LogP contribution in [0.25, 0.3) is 0 Å². The average molecular weight is 233 g/mol. The lowest BCUT2D eigenvalue weighted by Gasteiger charge is -2.38. The normalized spacial score (nSPS) is 41.8. The summed E-state index contributed by atoms with van der Waals surface area (Å²) in [4.78, 5) is 2.53. The molecule has 1 aliphatic carbocycles. The summed E-state index contributed by atoms with van der Waals surface area (Å²) in [5.74, 6) is 1.95. The van der Waals surface area contributed by atoms with Crippen LogP contribution in [0.4, 0.5) is 0 Å². The Bertz CT molecular complexity index is 239. The van der Waals surface area contributed by atoms with Gasteiger partial charge in [0.1, 0.15) is 0 Å². The highest BCUT2D eigenvalue weighted by Crippen LogP contribution is 2.39. The number of hydrogen-bond acceptors (Lipinski definition) is 1. The molecule has 0 aromatic heterocycles. The molecule has 1 heterocycles. The molecule has 2 rings (SSSR count). The minimum absolute atomic E-state index is 0.109. The van der Waals surface area contributed by atoms with Gasteiger partial charge in [0.05, 0.1) is 7.85 Å². The zero-order chi connectivity index (χ0) is 12.3. The van der Waals surface area contributed by atoms with E-state index in [0.29, 0.717) is 0 Å². The van der Waals surface area contributed by atoms with Crippen molar-refractivity contribution in [3.8, 4) is 0 Å². The van der Waals surface area contributed by atoms with Crippen LogP contribution in [0.5, 0.6) is 0 Å². The zero-order valence-electron chi connectivity index (χ0n) is 11.8. The molecule has 17 heavy (non-hydrogen) atoms. The maximum absolute atomic E-state index is 6.35. The molecule has 2 fully saturated rings. The molecule has 0 aromatic carbocycles. The number of nitrogens with zero attached hydrogens (tertiary/aromatic N) is 1. The standard InChI is InChI=1S/C15H28BN/c1-15(16)9-4-3-6-14-12-17(2)11-8-13(14)7-5-10-15/h13-14H,3-12H2,1-2H3. The molecule has 1 saturated heterocycles. The van der Waals surface area contributed by atoms with Crippen LogP contribution in [0.3, 0.4) is 0 Å². The van der Waals surface area contributed by atoms with Crippen molar-refractivity contribution < 1.29 is 0 Å². The van der Waals surface area contributed by atoms with Crippen molar-refractivity contribution >= 4 is 7.85 Å². The Morgan fingerprint density at radius 3 is 2.53 bits per heavy atom. The summed E-state index contributed by atoms with van der Waals surface area (Å²) < 4.78 is 0. The van der Waals surface area contributed by atoms with Gasteiger partial charge in [-0.15, -0.1) is 0 Å². The summed E-state index contributed by atoms with van der Waals surface area (Å²) in [6.45, 7) is 4.90. The van der Waals surface area contributed by atoms with Gasteiger partial charge in [0.25, 0.3) is 0 Å². The van der Waals surface area contributed by atoms with E-state index in [4.69, 9.17) is 7.85 Å². The summed E-state index contributed by atoms with van der Waals surface area (Å²) in [5.41, 5.74) is 0. The predicted octanol–water partition coefficient (Wildman–Crippen LogP) is 3.65. The van der Waals surface area contributed by atoms with Crippen molar-refractivity contribution in [3.05, 3.63) is 0 Å². The maximum Gasteiger partial charge on any atom is 0.0742 e. The van der Waals surface area contributed by atoms with E-state index < -0.39 is 0 Å². The molecule has 1 nitrogen and oxygen atoms in total. The Labute approximate surface area is 109 Å². The fourth-order valence-corrected chi connectivity index (χ4v) is 3.80. The Hall–Kier alpha value is 0.0249. The van der Waals surface area contributed by atoms with E-state index in [1.807, 2.05) is 0 Å². The first kappa shape index (κ1) is 13.5. The van der Waals surface area contributed by atoms with Crippen LogP contribution in [0.15, 0.2) is 0 Å². The first-order valence-corrected chi connectivity index (χ1v) is 7.54. The lowest BCUT2D eigenvalue weighted by Crippen LogP contribution is -2.38. The van der Waals surface area contributed by atoms with Crippen LogP contribution in [-0.4, -0.2) is 32.9 Å². The van der Waals surface area contributed by atoms with Crippen molar-refractivity contribution in [2.24, 2.45) is 11.8 Å². The Kier molecular flexibility index (Phi) is 4.57. The van der Waals surface area contributed by atoms with Gasteiger partial charge in [-0.05, 0) is 38.3 Å². The molecule has 1 saturated carbocycles. The predicted molar refractivity (Wildman–Crippen MR) is 75.5 cm³/mol. The van der Waals surface area contributed by atoms with E-state index >= 15 is 0 Å². The number of rotatable bonds is 0. The highest BCUT2D eigenvalue weighted by atomic mass is 15.1. The Morgan fingerprint density at radius 2 is 1.71 bits per heavy atom. The van der Waals surface area contributed by atoms with Gasteiger partial charge in [-0.2, -0.15) is 0 Å². The molecular formula is C15H28BN. The number of likely N-dealkylation sites (tertiary alicyclic amines) is 1. The van der Waals surface area contributed by atoms with E-state index in [1.54, 1.807) is 0 Å². The molecule has 2 aliphatic rings. The van der Waals surface area contributed by atoms with Crippen LogP contribution < -0.4 is 0 Å². The summed E-state index contributed by atoms with van der Waals surface area (Å²) in [6.07, 6.45) is 10.8. The monoisotopic (exact) mass is 233 g/mol. The largest absolute Gasteiger partial charge is 0.306 e. The molecule has 0 N–H and O–H groups in total. The van der Waals surface area contributed by atoms with E-state index in [2.05, 4.69) is 18.9 Å². The molecule has 2 heteroatoms. The van der Waals surface area contributed by atoms with Crippen molar-refractivity contribution in [3.63, 3.8) is 0 Å². The van der Waals surface area contributed by atoms with E-state index in [-0.39, 0.29) is 5.31 Å². The van der Waals surface area contributed by atoms with Gasteiger partial charge in [0.15, 0.2) is 0 Å². The van der Waals surface area contributed by atoms with Crippen LogP contribution in [0, 0.1) is 11.8 Å². The second-order valence-electron chi connectivity index (χ2n) is 6.86. The van der Waals surface area contributed by atoms with Crippen molar-refractivity contribution in [1.82, 2.24) is 4.90 Å². The first-order chi connectivity index (χ1) is 8.07. The van der Waals surface area contributed by atoms with Gasteiger partial charge in [-0.25, -0.2) is 0 Å². The molecular weight excluding hydrogens is 205 g/mol. The minimum Gasteiger partial charge on any atom is -0.306 e. The third-order valence-corrected chi connectivity index (χ3v) is 4.99. The second-order valence-corrected chi connectivity index (χ2v) is 6.86. The topological polar surface area (TPSA) is 3.24 Å². The molecule has 0 aromatic rings. The number of hydrogen-bond donors (Lipinski definition) is 0. The van der Waals surface area contributed by atoms with Gasteiger partial charge >= 0.3 is 0 Å². The average Bonchev–Trinajstić information content (AvgIpc) is 2.27. The minimum atomic E-state index is 0.109. The molecule has 0 bridgehead atoms. The van der Waals surface area contributed by atoms with Gasteiger partial charge in [0.2, 0.25) is 0 Å². The van der Waals surface area contributed by atoms with Gasteiger partial charge in [-0.3, -0.25) is 0 Å². The zero-order valence-corrected chi connectivity index (χ0v) is 11.8. The van der Waals surface area contributed by atoms with Crippen LogP contribution in [0.1, 0.15) is 58.3 Å². The molecule has 2 radical (unpaired) electrons. The van der Waals surface area contributed by atoms with E-state index in [9.17, 15) is 0 Å². The van der Waals surface area contributed by atoms with Crippen LogP contribution >= 0.6 is 0 Å². The summed E-state index contributed by atoms with van der Waals surface area (Å²) in [7, 11) is 8.63. The molecule has 96 valence electrons. The van der Waals surface area contributed by atoms with Crippen molar-refractivity contribution in [1.29, 1.82) is 0 Å². The van der Waals surface area contributed by atoms with Crippen LogP contribution in [-0.2, 0) is 0 Å². The molecule has 1 aliphatic heterocycles. The third kappa shape index (κ3) is 4.01. The van der Waals surface area contributed by atoms with E-state index in [0.717, 1.165) is 11.8 Å². The summed E-state index contributed by atoms with van der Waals surface area (Å²) in [6, 6.07) is 0. The van der Waals surface area contributed by atoms with Crippen molar-refractivity contribution in [2.45, 2.75) is 63.6 Å². The smallest absolute Gasteiger partial charge is 0.0742 e. The number of piperidine rings is 1. The SMILES string of the molecule is [B]C1(C)CCCCC2CN(C)CCC2CCC1. The molecule has 0 amide bonds. The fraction of sp³-hybridized carbons (Fsp3) is 1.00. The van der Waals surface area contributed by atoms with Crippen LogP contribution in [0.2, 0.25) is 5.31 Å². The van der Waals surface area contributed by atoms with Gasteiger partial charge < -0.3 is 4.90 Å². The molecule has 3 unspecified atom stereocenters. The fourth-order valence-electron chi connectivity index (χ4n) is 3.80. The lowest BCUT2D eigenvalue weighted by atomic mass is 9.63. The van der Waals surface area contributed by atoms with Gasteiger partial charge in [-0.1, -0.05) is 50.8 Å². The highest BCUT2D eigenvalue weighted by Gasteiger charge is 2.28. The number of fused-ring (bicyclic) bond motifs is 1. The highest BCUT2D eigenvalue weighted by molar-refractivity contribution is 6.14. The Balaban J connectivity index is 1.91. The third-order valence-electron chi connectivity index (χ3n) is 4.99. The second kappa shape index (κ2) is 5.78. The summed E-state index contributed by atoms with van der Waals surface area (Å²) in [5, 5.41) is 0.109. The quantitative estimate of drug-likeness (QED) is 0.577. The van der Waals surface area contributed by atoms with Crippen molar-refractivity contribution in [2.75, 3.05) is 20.1 Å². The van der Waals surface area contributed by atoms with Gasteiger partial charge in [0, 0.05) is 6.54 Å². The maximum atomic E-state index is 6.35.